The number of rotatable bonds is 19. The van der Waals surface area contributed by atoms with Crippen molar-refractivity contribution >= 4 is 30.0 Å². The summed E-state index contributed by atoms with van der Waals surface area (Å²) in [4.78, 5) is 56.2. The van der Waals surface area contributed by atoms with Crippen molar-refractivity contribution in [2.75, 3.05) is 13.1 Å². The summed E-state index contributed by atoms with van der Waals surface area (Å²) in [6.07, 6.45) is 0.156. The molecule has 17 nitrogen and oxygen atoms in total. The summed E-state index contributed by atoms with van der Waals surface area (Å²) in [7, 11) is 0. The second kappa shape index (κ2) is 20.4. The number of unbranched alkanes of at least 4 members (excludes halogenated alkanes) is 1. The van der Waals surface area contributed by atoms with E-state index in [0.717, 1.165) is 5.56 Å². The second-order valence-electron chi connectivity index (χ2n) is 14.0. The van der Waals surface area contributed by atoms with Crippen molar-refractivity contribution < 1.29 is 38.7 Å². The standard InChI is InChI=1S/C37H53N9O8/c1-22-18-25(47)19-23(2)26(22)21-29(43-31(48)27(44-35(50)51)15-11-17-40-34(38)39)32(49)42-28(14-9-10-16-41-36(52)53-37(3,4)5)33-45-30(46-54-33)20-24-12-7-6-8-13-24/h6-8,12-13,18-19,27-29,44,47H,9-11,14-17,20-21H2,1-5H3,(H,41,52)(H,42,49)(H,43,48)(H,50,51)(H4,38,39,40)/t27-,28-,29-/m0/s1. The zero-order valence-electron chi connectivity index (χ0n) is 31.5. The molecule has 3 aromatic rings. The first-order chi connectivity index (χ1) is 25.5. The van der Waals surface area contributed by atoms with Gasteiger partial charge in [0, 0.05) is 25.9 Å². The van der Waals surface area contributed by atoms with E-state index < -0.39 is 47.7 Å². The highest BCUT2D eigenvalue weighted by molar-refractivity contribution is 5.91. The Labute approximate surface area is 314 Å². The Bertz CT molecular complexity index is 1700. The van der Waals surface area contributed by atoms with Crippen LogP contribution >= 0.6 is 0 Å². The number of nitrogens with one attached hydrogen (secondary N) is 6. The van der Waals surface area contributed by atoms with Crippen LogP contribution in [-0.4, -0.2) is 81.1 Å². The van der Waals surface area contributed by atoms with Gasteiger partial charge in [-0.1, -0.05) is 35.5 Å². The average Bonchev–Trinajstić information content (AvgIpc) is 3.53. The summed E-state index contributed by atoms with van der Waals surface area (Å²) in [5.41, 5.74) is 7.73. The van der Waals surface area contributed by atoms with Gasteiger partial charge in [-0.25, -0.2) is 9.59 Å². The van der Waals surface area contributed by atoms with Crippen molar-refractivity contribution in [2.45, 2.75) is 103 Å². The maximum Gasteiger partial charge on any atom is 0.407 e. The summed E-state index contributed by atoms with van der Waals surface area (Å²) in [6.45, 7) is 9.40. The summed E-state index contributed by atoms with van der Waals surface area (Å²) < 4.78 is 10.9. The molecule has 294 valence electrons. The Balaban J connectivity index is 1.87. The number of amides is 4. The van der Waals surface area contributed by atoms with Gasteiger partial charge in [0.2, 0.25) is 17.7 Å². The fourth-order valence-electron chi connectivity index (χ4n) is 5.69. The lowest BCUT2D eigenvalue weighted by Crippen LogP contribution is -2.55. The molecule has 0 bridgehead atoms. The van der Waals surface area contributed by atoms with Crippen LogP contribution in [0.4, 0.5) is 9.59 Å². The van der Waals surface area contributed by atoms with E-state index in [0.29, 0.717) is 61.2 Å². The molecular formula is C37H53N9O8. The average molecular weight is 752 g/mol. The molecule has 1 aromatic heterocycles. The monoisotopic (exact) mass is 751 g/mol. The lowest BCUT2D eigenvalue weighted by atomic mass is 9.95. The van der Waals surface area contributed by atoms with Gasteiger partial charge in [0.15, 0.2) is 11.8 Å². The van der Waals surface area contributed by atoms with Crippen LogP contribution in [0, 0.1) is 19.3 Å². The number of carbonyl (C=O) groups is 4. The number of hydrogen-bond donors (Lipinski definition) is 9. The number of nitrogens with zero attached hydrogens (tertiary/aromatic N) is 2. The predicted octanol–water partition coefficient (Wildman–Crippen LogP) is 3.46. The fourth-order valence-corrected chi connectivity index (χ4v) is 5.69. The molecular weight excluding hydrogens is 698 g/mol. The minimum atomic E-state index is -1.43. The van der Waals surface area contributed by atoms with Crippen LogP contribution < -0.4 is 32.3 Å². The summed E-state index contributed by atoms with van der Waals surface area (Å²) in [6, 6.07) is 9.45. The molecule has 0 saturated carbocycles. The second-order valence-corrected chi connectivity index (χ2v) is 14.0. The van der Waals surface area contributed by atoms with Gasteiger partial charge in [0.05, 0.1) is 0 Å². The maximum absolute atomic E-state index is 14.2. The molecule has 0 aliphatic carbocycles. The minimum absolute atomic E-state index is 0.0107. The van der Waals surface area contributed by atoms with E-state index in [9.17, 15) is 29.4 Å². The van der Waals surface area contributed by atoms with Crippen LogP contribution in [0.15, 0.2) is 47.0 Å². The van der Waals surface area contributed by atoms with Crippen LogP contribution in [0.25, 0.3) is 0 Å². The number of benzene rings is 2. The molecule has 17 heteroatoms. The molecule has 0 radical (unpaired) electrons. The van der Waals surface area contributed by atoms with E-state index in [2.05, 4.69) is 36.7 Å². The van der Waals surface area contributed by atoms with Gasteiger partial charge in [0.1, 0.15) is 29.5 Å². The zero-order valence-corrected chi connectivity index (χ0v) is 31.5. The van der Waals surface area contributed by atoms with E-state index in [1.807, 2.05) is 30.3 Å². The van der Waals surface area contributed by atoms with E-state index >= 15 is 0 Å². The first-order valence-electron chi connectivity index (χ1n) is 17.8. The van der Waals surface area contributed by atoms with Crippen LogP contribution in [0.1, 0.15) is 92.9 Å². The molecule has 0 unspecified atom stereocenters. The molecule has 1 heterocycles. The van der Waals surface area contributed by atoms with Crippen LogP contribution in [0.2, 0.25) is 0 Å². The zero-order chi connectivity index (χ0) is 39.8. The van der Waals surface area contributed by atoms with Crippen LogP contribution in [0.3, 0.4) is 0 Å². The van der Waals surface area contributed by atoms with Crippen molar-refractivity contribution in [3.63, 3.8) is 0 Å². The van der Waals surface area contributed by atoms with Crippen LogP contribution in [0.5, 0.6) is 5.75 Å². The maximum atomic E-state index is 14.2. The molecule has 10 N–H and O–H groups in total. The first kappa shape index (κ1) is 42.5. The van der Waals surface area contributed by atoms with Gasteiger partial charge in [0.25, 0.3) is 0 Å². The van der Waals surface area contributed by atoms with E-state index in [1.165, 1.54) is 0 Å². The quantitative estimate of drug-likeness (QED) is 0.0484. The number of aromatic nitrogens is 2. The van der Waals surface area contributed by atoms with Gasteiger partial charge >= 0.3 is 12.2 Å². The molecule has 4 amide bonds. The van der Waals surface area contributed by atoms with Crippen molar-refractivity contribution in [1.29, 1.82) is 5.41 Å². The fraction of sp³-hybridized carbons (Fsp3) is 0.486. The third-order valence-corrected chi connectivity index (χ3v) is 8.21. The third-order valence-electron chi connectivity index (χ3n) is 8.21. The summed E-state index contributed by atoms with van der Waals surface area (Å²) >= 11 is 0. The topological polar surface area (TPSA) is 267 Å². The van der Waals surface area contributed by atoms with E-state index in [1.54, 1.807) is 46.8 Å². The highest BCUT2D eigenvalue weighted by Gasteiger charge is 2.31. The molecule has 0 aliphatic rings. The largest absolute Gasteiger partial charge is 0.508 e. The number of carboxylic acid groups (broad SMARTS) is 1. The number of hydrogen-bond acceptors (Lipinski definition) is 10. The summed E-state index contributed by atoms with van der Waals surface area (Å²) in [5.74, 6) is -0.984. The normalized spacial score (nSPS) is 12.8. The van der Waals surface area contributed by atoms with Crippen molar-refractivity contribution in [3.8, 4) is 5.75 Å². The van der Waals surface area contributed by atoms with Gasteiger partial charge in [-0.05, 0) is 101 Å². The summed E-state index contributed by atoms with van der Waals surface area (Å²) in [5, 5.41) is 44.3. The molecule has 0 fully saturated rings. The molecule has 3 rings (SSSR count). The lowest BCUT2D eigenvalue weighted by Gasteiger charge is -2.25. The lowest BCUT2D eigenvalue weighted by molar-refractivity contribution is -0.130. The Morgan fingerprint density at radius 2 is 1.56 bits per heavy atom. The Morgan fingerprint density at radius 1 is 0.907 bits per heavy atom. The highest BCUT2D eigenvalue weighted by Crippen LogP contribution is 2.24. The number of phenols is 1. The molecule has 54 heavy (non-hydrogen) atoms. The molecule has 0 aliphatic heterocycles. The van der Waals surface area contributed by atoms with Crippen molar-refractivity contribution in [1.82, 2.24) is 36.7 Å². The third kappa shape index (κ3) is 15.0. The molecule has 0 saturated heterocycles. The number of aryl methyl sites for hydroxylation is 2. The highest BCUT2D eigenvalue weighted by atomic mass is 16.6. The number of ether oxygens (including phenoxy) is 1. The number of phenolic OH excluding ortho intramolecular Hbond substituents is 1. The SMILES string of the molecule is Cc1cc(O)cc(C)c1C[C@H](NC(=O)[C@H](CCCNC(=N)N)NC(=O)O)C(=O)N[C@@H](CCCCNC(=O)OC(C)(C)C)c1nc(Cc2ccccc2)no1. The van der Waals surface area contributed by atoms with Gasteiger partial charge in [-0.2, -0.15) is 4.98 Å². The minimum Gasteiger partial charge on any atom is -0.508 e. The molecule has 0 spiro atoms. The number of alkyl carbamates (subject to hydrolysis) is 1. The van der Waals surface area contributed by atoms with Crippen molar-refractivity contribution in [2.24, 2.45) is 5.73 Å². The smallest absolute Gasteiger partial charge is 0.407 e. The van der Waals surface area contributed by atoms with E-state index in [-0.39, 0.29) is 37.0 Å². The number of guanidine groups is 1. The molecule has 2 aromatic carbocycles. The first-order valence-corrected chi connectivity index (χ1v) is 17.8. The molecule has 3 atom stereocenters. The number of aromatic hydroxyl groups is 1. The Hall–Kier alpha value is -5.87. The van der Waals surface area contributed by atoms with Gasteiger partial charge in [-0.15, -0.1) is 0 Å². The predicted molar refractivity (Wildman–Crippen MR) is 200 cm³/mol. The van der Waals surface area contributed by atoms with Gasteiger partial charge < -0.3 is 51.8 Å². The van der Waals surface area contributed by atoms with Crippen molar-refractivity contribution in [3.05, 3.63) is 76.4 Å². The number of nitrogens with two attached hydrogens (primary N) is 1. The van der Waals surface area contributed by atoms with Crippen LogP contribution in [-0.2, 0) is 27.2 Å². The Kier molecular flexibility index (Phi) is 16.1. The van der Waals surface area contributed by atoms with E-state index in [4.69, 9.17) is 20.4 Å². The number of carbonyl (C=O) groups excluding carboxylic acids is 3. The Morgan fingerprint density at radius 3 is 2.19 bits per heavy atom. The van der Waals surface area contributed by atoms with Gasteiger partial charge in [-0.3, -0.25) is 15.0 Å².